The number of phenolic OH excluding ortho intramolecular Hbond substituents is 1. The molecule has 0 radical (unpaired) electrons. The van der Waals surface area contributed by atoms with Crippen molar-refractivity contribution >= 4 is 28.7 Å². The van der Waals surface area contributed by atoms with Crippen molar-refractivity contribution in [3.05, 3.63) is 23.8 Å². The van der Waals surface area contributed by atoms with E-state index in [0.29, 0.717) is 35.3 Å². The number of benzene rings is 1. The summed E-state index contributed by atoms with van der Waals surface area (Å²) in [5.74, 6) is 0.200. The zero-order valence-electron chi connectivity index (χ0n) is 19.1. The van der Waals surface area contributed by atoms with Crippen LogP contribution in [0.5, 0.6) is 11.5 Å². The van der Waals surface area contributed by atoms with Crippen molar-refractivity contribution < 1.29 is 33.6 Å². The van der Waals surface area contributed by atoms with E-state index in [4.69, 9.17) is 18.9 Å². The molecule has 178 valence electrons. The molecule has 0 fully saturated rings. The van der Waals surface area contributed by atoms with Crippen molar-refractivity contribution in [2.45, 2.75) is 52.0 Å². The van der Waals surface area contributed by atoms with Crippen LogP contribution in [0.3, 0.4) is 0 Å². The maximum absolute atomic E-state index is 12.4. The summed E-state index contributed by atoms with van der Waals surface area (Å²) in [6.07, 6.45) is 3.57. The fraction of sp³-hybridized carbons (Fsp3) is 0.609. The highest BCUT2D eigenvalue weighted by Gasteiger charge is 2.40. The third-order valence-electron chi connectivity index (χ3n) is 4.69. The van der Waals surface area contributed by atoms with E-state index in [0.717, 1.165) is 25.7 Å². The van der Waals surface area contributed by atoms with E-state index >= 15 is 0 Å². The Labute approximate surface area is 193 Å². The molecule has 1 aliphatic heterocycles. The number of rotatable bonds is 14. The highest BCUT2D eigenvalue weighted by molar-refractivity contribution is 8.14. The number of hydrogen-bond donors (Lipinski definition) is 1. The Morgan fingerprint density at radius 3 is 2.50 bits per heavy atom. The summed E-state index contributed by atoms with van der Waals surface area (Å²) in [6.45, 7) is 6.92. The van der Waals surface area contributed by atoms with Crippen LogP contribution in [-0.4, -0.2) is 66.4 Å². The molecule has 9 heteroatoms. The zero-order chi connectivity index (χ0) is 23.4. The normalized spacial score (nSPS) is 17.7. The van der Waals surface area contributed by atoms with Gasteiger partial charge in [0.25, 0.3) is 0 Å². The van der Waals surface area contributed by atoms with Gasteiger partial charge < -0.3 is 24.1 Å². The molecule has 1 aromatic rings. The van der Waals surface area contributed by atoms with Crippen molar-refractivity contribution in [3.63, 3.8) is 0 Å². The van der Waals surface area contributed by atoms with E-state index in [9.17, 15) is 14.7 Å². The molecule has 0 aliphatic carbocycles. The highest BCUT2D eigenvalue weighted by atomic mass is 32.2. The first-order valence-corrected chi connectivity index (χ1v) is 12.0. The molecule has 1 aromatic carbocycles. The van der Waals surface area contributed by atoms with Gasteiger partial charge in [-0.2, -0.15) is 0 Å². The Morgan fingerprint density at radius 1 is 1.09 bits per heavy atom. The SMILES string of the molecule is CCCCOC(=O)COCCOc1ccc(C2=N[C@@](C)(C(=O)OCCCC)CS2)c(O)c1. The van der Waals surface area contributed by atoms with E-state index in [1.54, 1.807) is 19.1 Å². The maximum Gasteiger partial charge on any atom is 0.334 e. The molecule has 1 N–H and O–H groups in total. The van der Waals surface area contributed by atoms with E-state index in [1.165, 1.54) is 17.8 Å². The third-order valence-corrected chi connectivity index (χ3v) is 5.98. The Bertz CT molecular complexity index is 799. The number of hydrogen-bond acceptors (Lipinski definition) is 9. The van der Waals surface area contributed by atoms with Crippen molar-refractivity contribution in [2.24, 2.45) is 4.99 Å². The minimum Gasteiger partial charge on any atom is -0.507 e. The van der Waals surface area contributed by atoms with Gasteiger partial charge in [0.1, 0.15) is 29.8 Å². The molecule has 0 aromatic heterocycles. The van der Waals surface area contributed by atoms with Gasteiger partial charge in [-0.15, -0.1) is 11.8 Å². The van der Waals surface area contributed by atoms with Gasteiger partial charge in [0.2, 0.25) is 0 Å². The minimum absolute atomic E-state index is 0.0118. The summed E-state index contributed by atoms with van der Waals surface area (Å²) in [5.41, 5.74) is -0.414. The standard InChI is InChI=1S/C23H33NO7S/c1-4-6-10-30-20(26)15-28-12-13-29-17-8-9-18(19(25)14-17)21-24-23(3,16-32-21)22(27)31-11-7-5-2/h8-9,14,25H,4-7,10-13,15-16H2,1-3H3/t23-/m1/s1. The number of carbonyl (C=O) groups excluding carboxylic acids is 2. The summed E-state index contributed by atoms with van der Waals surface area (Å²) >= 11 is 1.41. The molecule has 0 amide bonds. The molecule has 1 aliphatic rings. The predicted octanol–water partition coefficient (Wildman–Crippen LogP) is 3.73. The molecule has 32 heavy (non-hydrogen) atoms. The second kappa shape index (κ2) is 13.3. The third kappa shape index (κ3) is 8.02. The number of unbranched alkanes of at least 4 members (excludes halogenated alkanes) is 2. The topological polar surface area (TPSA) is 104 Å². The van der Waals surface area contributed by atoms with Crippen LogP contribution in [0.1, 0.15) is 52.0 Å². The number of thioether (sulfide) groups is 1. The molecule has 1 heterocycles. The van der Waals surface area contributed by atoms with Crippen LogP contribution in [0, 0.1) is 0 Å². The van der Waals surface area contributed by atoms with Crippen LogP contribution in [-0.2, 0) is 23.8 Å². The fourth-order valence-electron chi connectivity index (χ4n) is 2.73. The monoisotopic (exact) mass is 467 g/mol. The molecule has 2 rings (SSSR count). The highest BCUT2D eigenvalue weighted by Crippen LogP contribution is 2.36. The Balaban J connectivity index is 1.82. The Morgan fingerprint density at radius 2 is 1.81 bits per heavy atom. The van der Waals surface area contributed by atoms with Gasteiger partial charge in [0, 0.05) is 17.4 Å². The quantitative estimate of drug-likeness (QED) is 0.326. The lowest BCUT2D eigenvalue weighted by molar-refractivity contribution is -0.149. The second-order valence-electron chi connectivity index (χ2n) is 7.62. The molecule has 0 spiro atoms. The van der Waals surface area contributed by atoms with E-state index in [1.807, 2.05) is 13.8 Å². The summed E-state index contributed by atoms with van der Waals surface area (Å²) in [5, 5.41) is 11.0. The summed E-state index contributed by atoms with van der Waals surface area (Å²) < 4.78 is 21.1. The number of ether oxygens (including phenoxy) is 4. The van der Waals surface area contributed by atoms with Crippen molar-refractivity contribution in [2.75, 3.05) is 38.8 Å². The predicted molar refractivity (Wildman–Crippen MR) is 124 cm³/mol. The van der Waals surface area contributed by atoms with E-state index < -0.39 is 11.5 Å². The lowest BCUT2D eigenvalue weighted by Crippen LogP contribution is -2.35. The van der Waals surface area contributed by atoms with Gasteiger partial charge in [0.15, 0.2) is 5.54 Å². The first-order valence-electron chi connectivity index (χ1n) is 11.0. The van der Waals surface area contributed by atoms with Gasteiger partial charge in [-0.1, -0.05) is 26.7 Å². The summed E-state index contributed by atoms with van der Waals surface area (Å²) in [6, 6.07) is 4.91. The average molecular weight is 468 g/mol. The smallest absolute Gasteiger partial charge is 0.334 e. The largest absolute Gasteiger partial charge is 0.507 e. The molecule has 0 unspecified atom stereocenters. The molecular formula is C23H33NO7S. The van der Waals surface area contributed by atoms with Crippen LogP contribution in [0.4, 0.5) is 0 Å². The summed E-state index contributed by atoms with van der Waals surface area (Å²) in [7, 11) is 0. The summed E-state index contributed by atoms with van der Waals surface area (Å²) in [4.78, 5) is 28.4. The average Bonchev–Trinajstić information content (AvgIpc) is 3.17. The van der Waals surface area contributed by atoms with Crippen LogP contribution in [0.25, 0.3) is 0 Å². The second-order valence-corrected chi connectivity index (χ2v) is 8.59. The number of aliphatic imine (C=N–C) groups is 1. The van der Waals surface area contributed by atoms with Crippen LogP contribution in [0.15, 0.2) is 23.2 Å². The van der Waals surface area contributed by atoms with Gasteiger partial charge in [-0.05, 0) is 31.9 Å². The van der Waals surface area contributed by atoms with Gasteiger partial charge in [-0.3, -0.25) is 4.99 Å². The van der Waals surface area contributed by atoms with Crippen molar-refractivity contribution in [1.29, 1.82) is 0 Å². The van der Waals surface area contributed by atoms with E-state index in [-0.39, 0.29) is 31.5 Å². The Hall–Kier alpha value is -2.26. The number of nitrogens with zero attached hydrogens (tertiary/aromatic N) is 1. The molecular weight excluding hydrogens is 434 g/mol. The number of esters is 2. The van der Waals surface area contributed by atoms with Gasteiger partial charge in [0.05, 0.1) is 19.8 Å². The fourth-order valence-corrected chi connectivity index (χ4v) is 3.93. The number of aromatic hydroxyl groups is 1. The molecule has 0 bridgehead atoms. The van der Waals surface area contributed by atoms with Crippen molar-refractivity contribution in [3.8, 4) is 11.5 Å². The lowest BCUT2D eigenvalue weighted by atomic mass is 10.1. The first kappa shape index (κ1) is 26.0. The van der Waals surface area contributed by atoms with Crippen molar-refractivity contribution in [1.82, 2.24) is 0 Å². The zero-order valence-corrected chi connectivity index (χ0v) is 19.9. The maximum atomic E-state index is 12.4. The molecule has 8 nitrogen and oxygen atoms in total. The molecule has 0 saturated carbocycles. The Kier molecular flexibility index (Phi) is 10.8. The van der Waals surface area contributed by atoms with E-state index in [2.05, 4.69) is 4.99 Å². The van der Waals surface area contributed by atoms with Gasteiger partial charge >= 0.3 is 11.9 Å². The van der Waals surface area contributed by atoms with Gasteiger partial charge in [-0.25, -0.2) is 9.59 Å². The number of carbonyl (C=O) groups is 2. The van der Waals surface area contributed by atoms with Crippen LogP contribution < -0.4 is 4.74 Å². The van der Waals surface area contributed by atoms with Crippen LogP contribution in [0.2, 0.25) is 0 Å². The van der Waals surface area contributed by atoms with Crippen LogP contribution >= 0.6 is 11.8 Å². The molecule has 1 atom stereocenters. The lowest BCUT2D eigenvalue weighted by Gasteiger charge is -2.17. The first-order chi connectivity index (χ1) is 15.4. The minimum atomic E-state index is -0.954. The number of phenols is 1. The molecule has 0 saturated heterocycles.